The molecule has 8 heteroatoms. The Labute approximate surface area is 206 Å². The molecule has 3 N–H and O–H groups in total. The van der Waals surface area contributed by atoms with E-state index in [2.05, 4.69) is 34.9 Å². The van der Waals surface area contributed by atoms with Crippen LogP contribution < -0.4 is 10.6 Å². The summed E-state index contributed by atoms with van der Waals surface area (Å²) in [6, 6.07) is 15.8. The third kappa shape index (κ3) is 7.05. The van der Waals surface area contributed by atoms with Gasteiger partial charge >= 0.3 is 12.1 Å². The second-order valence-corrected chi connectivity index (χ2v) is 8.71. The zero-order valence-corrected chi connectivity index (χ0v) is 20.3. The maximum absolute atomic E-state index is 12.6. The van der Waals surface area contributed by atoms with E-state index in [1.54, 1.807) is 0 Å². The molecule has 2 atom stereocenters. The number of fused-ring (bicyclic) bond motifs is 3. The number of amides is 2. The Morgan fingerprint density at radius 3 is 2.20 bits per heavy atom. The molecule has 0 saturated carbocycles. The van der Waals surface area contributed by atoms with E-state index in [-0.39, 0.29) is 37.8 Å². The maximum Gasteiger partial charge on any atom is 0.407 e. The SMILES string of the molecule is CCCC[C@H](CC(=O)O)NC(=O)C(CCNC(=O)OCC1c2ccccc2-c2ccccc21)OC. The summed E-state index contributed by atoms with van der Waals surface area (Å²) in [6.07, 6.45) is 1.04. The van der Waals surface area contributed by atoms with Crippen molar-refractivity contribution in [3.63, 3.8) is 0 Å². The van der Waals surface area contributed by atoms with Gasteiger partial charge in [0.2, 0.25) is 5.91 Å². The number of nitrogens with one attached hydrogen (secondary N) is 2. The fourth-order valence-corrected chi connectivity index (χ4v) is 4.49. The number of hydrogen-bond acceptors (Lipinski definition) is 5. The third-order valence-corrected chi connectivity index (χ3v) is 6.27. The molecule has 0 saturated heterocycles. The number of carbonyl (C=O) groups is 3. The minimum atomic E-state index is -0.961. The van der Waals surface area contributed by atoms with Crippen LogP contribution in [0.5, 0.6) is 0 Å². The Kier molecular flexibility index (Phi) is 9.66. The van der Waals surface area contributed by atoms with E-state index in [1.165, 1.54) is 7.11 Å². The van der Waals surface area contributed by atoms with E-state index in [4.69, 9.17) is 14.6 Å². The normalized spacial score (nSPS) is 13.9. The van der Waals surface area contributed by atoms with Gasteiger partial charge < -0.3 is 25.2 Å². The van der Waals surface area contributed by atoms with Gasteiger partial charge in [-0.1, -0.05) is 68.3 Å². The predicted molar refractivity (Wildman–Crippen MR) is 132 cm³/mol. The predicted octanol–water partition coefficient (Wildman–Crippen LogP) is 4.08. The highest BCUT2D eigenvalue weighted by atomic mass is 16.5. The van der Waals surface area contributed by atoms with Gasteiger partial charge in [-0.05, 0) is 28.7 Å². The first-order valence-electron chi connectivity index (χ1n) is 12.1. The number of benzene rings is 2. The van der Waals surface area contributed by atoms with Gasteiger partial charge in [0.15, 0.2) is 0 Å². The van der Waals surface area contributed by atoms with Crippen LogP contribution in [0.25, 0.3) is 11.1 Å². The van der Waals surface area contributed by atoms with Gasteiger partial charge in [0.25, 0.3) is 0 Å². The maximum atomic E-state index is 12.6. The van der Waals surface area contributed by atoms with Crippen LogP contribution in [0.4, 0.5) is 4.79 Å². The standard InChI is InChI=1S/C27H34N2O6/c1-3-4-9-18(16-25(30)31)29-26(32)24(34-2)14-15-28-27(33)35-17-23-21-12-7-5-10-19(21)20-11-6-8-13-22(20)23/h5-8,10-13,18,23-24H,3-4,9,14-17H2,1-2H3,(H,28,33)(H,29,32)(H,30,31)/t18-,24?/m1/s1. The third-order valence-electron chi connectivity index (χ3n) is 6.27. The molecule has 188 valence electrons. The molecule has 0 fully saturated rings. The molecule has 0 aromatic heterocycles. The van der Waals surface area contributed by atoms with Crippen molar-refractivity contribution in [2.75, 3.05) is 20.3 Å². The minimum Gasteiger partial charge on any atom is -0.481 e. The van der Waals surface area contributed by atoms with Gasteiger partial charge in [-0.25, -0.2) is 4.79 Å². The fraction of sp³-hybridized carbons (Fsp3) is 0.444. The molecule has 1 unspecified atom stereocenters. The summed E-state index contributed by atoms with van der Waals surface area (Å²) in [5, 5.41) is 14.5. The highest BCUT2D eigenvalue weighted by Gasteiger charge is 2.29. The van der Waals surface area contributed by atoms with Crippen molar-refractivity contribution < 1.29 is 29.0 Å². The monoisotopic (exact) mass is 482 g/mol. The van der Waals surface area contributed by atoms with Crippen molar-refractivity contribution in [2.45, 2.75) is 57.1 Å². The van der Waals surface area contributed by atoms with E-state index in [0.717, 1.165) is 35.1 Å². The number of ether oxygens (including phenoxy) is 2. The van der Waals surface area contributed by atoms with E-state index >= 15 is 0 Å². The zero-order valence-electron chi connectivity index (χ0n) is 20.3. The number of aliphatic carboxylic acids is 1. The first-order valence-corrected chi connectivity index (χ1v) is 12.1. The highest BCUT2D eigenvalue weighted by molar-refractivity contribution is 5.82. The second-order valence-electron chi connectivity index (χ2n) is 8.71. The lowest BCUT2D eigenvalue weighted by Crippen LogP contribution is -2.44. The number of carboxylic acid groups (broad SMARTS) is 1. The van der Waals surface area contributed by atoms with E-state index in [9.17, 15) is 14.4 Å². The smallest absolute Gasteiger partial charge is 0.407 e. The van der Waals surface area contributed by atoms with Crippen LogP contribution in [-0.2, 0) is 19.1 Å². The summed E-state index contributed by atoms with van der Waals surface area (Å²) < 4.78 is 10.8. The molecule has 2 amide bonds. The molecular weight excluding hydrogens is 448 g/mol. The summed E-state index contributed by atoms with van der Waals surface area (Å²) >= 11 is 0. The van der Waals surface area contributed by atoms with Gasteiger partial charge in [-0.3, -0.25) is 9.59 Å². The number of methoxy groups -OCH3 is 1. The topological polar surface area (TPSA) is 114 Å². The average Bonchev–Trinajstić information content (AvgIpc) is 3.17. The van der Waals surface area contributed by atoms with Gasteiger partial charge in [-0.15, -0.1) is 0 Å². The Morgan fingerprint density at radius 2 is 1.63 bits per heavy atom. The van der Waals surface area contributed by atoms with Gasteiger partial charge in [-0.2, -0.15) is 0 Å². The zero-order chi connectivity index (χ0) is 25.2. The van der Waals surface area contributed by atoms with Crippen LogP contribution in [0.1, 0.15) is 56.1 Å². The van der Waals surface area contributed by atoms with Gasteiger partial charge in [0.05, 0.1) is 6.42 Å². The highest BCUT2D eigenvalue weighted by Crippen LogP contribution is 2.44. The van der Waals surface area contributed by atoms with E-state index in [0.29, 0.717) is 6.42 Å². The Morgan fingerprint density at radius 1 is 1.00 bits per heavy atom. The van der Waals surface area contributed by atoms with Crippen LogP contribution in [0, 0.1) is 0 Å². The van der Waals surface area contributed by atoms with Crippen molar-refractivity contribution >= 4 is 18.0 Å². The summed E-state index contributed by atoms with van der Waals surface area (Å²) in [5.74, 6) is -1.37. The van der Waals surface area contributed by atoms with Gasteiger partial charge in [0, 0.05) is 32.0 Å². The summed E-state index contributed by atoms with van der Waals surface area (Å²) in [7, 11) is 1.41. The quantitative estimate of drug-likeness (QED) is 0.396. The number of hydrogen-bond donors (Lipinski definition) is 3. The first-order chi connectivity index (χ1) is 16.9. The number of carbonyl (C=O) groups excluding carboxylic acids is 2. The number of carboxylic acids is 1. The summed E-state index contributed by atoms with van der Waals surface area (Å²) in [4.78, 5) is 36.0. The van der Waals surface area contributed by atoms with Crippen molar-refractivity contribution in [1.82, 2.24) is 10.6 Å². The molecule has 0 radical (unpaired) electrons. The molecule has 3 rings (SSSR count). The van der Waals surface area contributed by atoms with Crippen molar-refractivity contribution in [3.8, 4) is 11.1 Å². The van der Waals surface area contributed by atoms with Crippen LogP contribution in [0.15, 0.2) is 48.5 Å². The van der Waals surface area contributed by atoms with Crippen LogP contribution >= 0.6 is 0 Å². The van der Waals surface area contributed by atoms with E-state index in [1.807, 2.05) is 31.2 Å². The molecule has 0 aliphatic heterocycles. The lowest BCUT2D eigenvalue weighted by molar-refractivity contribution is -0.138. The Balaban J connectivity index is 1.47. The van der Waals surface area contributed by atoms with Crippen molar-refractivity contribution in [1.29, 1.82) is 0 Å². The number of alkyl carbamates (subject to hydrolysis) is 1. The molecule has 0 bridgehead atoms. The van der Waals surface area contributed by atoms with Gasteiger partial charge in [0.1, 0.15) is 12.7 Å². The number of rotatable bonds is 13. The molecular formula is C27H34N2O6. The average molecular weight is 483 g/mol. The largest absolute Gasteiger partial charge is 0.481 e. The Hall–Kier alpha value is -3.39. The first kappa shape index (κ1) is 26.2. The molecule has 8 nitrogen and oxygen atoms in total. The molecule has 1 aliphatic carbocycles. The number of unbranched alkanes of at least 4 members (excludes halogenated alkanes) is 1. The molecule has 35 heavy (non-hydrogen) atoms. The summed E-state index contributed by atoms with van der Waals surface area (Å²) in [6.45, 7) is 2.40. The Bertz CT molecular complexity index is 979. The molecule has 2 aromatic carbocycles. The molecule has 2 aromatic rings. The van der Waals surface area contributed by atoms with E-state index < -0.39 is 24.2 Å². The molecule has 0 heterocycles. The molecule has 0 spiro atoms. The van der Waals surface area contributed by atoms with Crippen molar-refractivity contribution in [3.05, 3.63) is 59.7 Å². The lowest BCUT2D eigenvalue weighted by Gasteiger charge is -2.21. The lowest BCUT2D eigenvalue weighted by atomic mass is 9.98. The fourth-order valence-electron chi connectivity index (χ4n) is 4.49. The van der Waals surface area contributed by atoms with Crippen LogP contribution in [0.2, 0.25) is 0 Å². The second kappa shape index (κ2) is 12.9. The van der Waals surface area contributed by atoms with Crippen LogP contribution in [-0.4, -0.2) is 55.5 Å². The summed E-state index contributed by atoms with van der Waals surface area (Å²) in [5.41, 5.74) is 4.59. The molecule has 1 aliphatic rings. The minimum absolute atomic E-state index is 0.0278. The van der Waals surface area contributed by atoms with Crippen LogP contribution in [0.3, 0.4) is 0 Å². The van der Waals surface area contributed by atoms with Crippen molar-refractivity contribution in [2.24, 2.45) is 0 Å².